The van der Waals surface area contributed by atoms with Gasteiger partial charge in [0.25, 0.3) is 0 Å². The lowest BCUT2D eigenvalue weighted by Crippen LogP contribution is -2.21. The molecular formula is C12H18F3NO3S. The average molecular weight is 313 g/mol. The Morgan fingerprint density at radius 1 is 1.10 bits per heavy atom. The molecule has 0 fully saturated rings. The van der Waals surface area contributed by atoms with Crippen molar-refractivity contribution in [1.82, 2.24) is 0 Å². The number of nitrogens with two attached hydrogens (primary N) is 1. The van der Waals surface area contributed by atoms with E-state index in [1.807, 2.05) is 0 Å². The van der Waals surface area contributed by atoms with Gasteiger partial charge in [0.15, 0.2) is 0 Å². The van der Waals surface area contributed by atoms with E-state index in [2.05, 4.69) is 45.0 Å². The van der Waals surface area contributed by atoms with Crippen LogP contribution in [0.2, 0.25) is 0 Å². The summed E-state index contributed by atoms with van der Waals surface area (Å²) in [6.45, 7) is 7.27. The normalized spacial score (nSPS) is 12.6. The van der Waals surface area contributed by atoms with Crippen molar-refractivity contribution in [2.75, 3.05) is 0 Å². The van der Waals surface area contributed by atoms with Crippen molar-refractivity contribution in [2.45, 2.75) is 38.2 Å². The second-order valence-corrected chi connectivity index (χ2v) is 6.48. The first kappa shape index (κ1) is 18.9. The van der Waals surface area contributed by atoms with Gasteiger partial charge in [-0.15, -0.1) is 0 Å². The minimum Gasteiger partial charge on any atom is -0.326 e. The first-order chi connectivity index (χ1) is 8.79. The maximum atomic E-state index is 10.7. The lowest BCUT2D eigenvalue weighted by molar-refractivity contribution is -0.0510. The SMILES string of the molecule is CC(C)(C)c1ccc(CN)cc1.O=S(=O)(O)C(F)(F)F. The molecule has 0 saturated heterocycles. The van der Waals surface area contributed by atoms with Crippen molar-refractivity contribution in [3.63, 3.8) is 0 Å². The van der Waals surface area contributed by atoms with Crippen LogP contribution in [-0.4, -0.2) is 18.5 Å². The Balaban J connectivity index is 0.000000396. The molecule has 0 bridgehead atoms. The van der Waals surface area contributed by atoms with E-state index >= 15 is 0 Å². The first-order valence-electron chi connectivity index (χ1n) is 5.62. The van der Waals surface area contributed by atoms with E-state index in [4.69, 9.17) is 18.7 Å². The summed E-state index contributed by atoms with van der Waals surface area (Å²) in [4.78, 5) is 0. The fraction of sp³-hybridized carbons (Fsp3) is 0.500. The molecule has 4 nitrogen and oxygen atoms in total. The van der Waals surface area contributed by atoms with Gasteiger partial charge in [-0.25, -0.2) is 0 Å². The van der Waals surface area contributed by atoms with Gasteiger partial charge >= 0.3 is 15.6 Å². The molecule has 0 unspecified atom stereocenters. The number of hydrogen-bond donors (Lipinski definition) is 2. The van der Waals surface area contributed by atoms with Gasteiger partial charge < -0.3 is 5.73 Å². The summed E-state index contributed by atoms with van der Waals surface area (Å²) in [6, 6.07) is 8.51. The van der Waals surface area contributed by atoms with Crippen LogP contribution in [0.15, 0.2) is 24.3 Å². The highest BCUT2D eigenvalue weighted by molar-refractivity contribution is 7.86. The van der Waals surface area contributed by atoms with Crippen LogP contribution in [0.1, 0.15) is 31.9 Å². The van der Waals surface area contributed by atoms with Gasteiger partial charge in [0, 0.05) is 6.54 Å². The summed E-state index contributed by atoms with van der Waals surface area (Å²) >= 11 is 0. The molecule has 0 amide bonds. The molecular weight excluding hydrogens is 295 g/mol. The van der Waals surface area contributed by atoms with Crippen molar-refractivity contribution in [1.29, 1.82) is 0 Å². The Labute approximate surface area is 116 Å². The third kappa shape index (κ3) is 6.36. The maximum absolute atomic E-state index is 10.7. The van der Waals surface area contributed by atoms with E-state index in [1.54, 1.807) is 0 Å². The zero-order valence-corrected chi connectivity index (χ0v) is 12.2. The van der Waals surface area contributed by atoms with Crippen molar-refractivity contribution < 1.29 is 26.1 Å². The molecule has 0 spiro atoms. The molecule has 1 rings (SSSR count). The molecule has 3 N–H and O–H groups in total. The number of alkyl halides is 3. The summed E-state index contributed by atoms with van der Waals surface area (Å²) in [5.41, 5.74) is 2.78. The Morgan fingerprint density at radius 3 is 1.65 bits per heavy atom. The minimum atomic E-state index is -5.84. The number of benzene rings is 1. The molecule has 20 heavy (non-hydrogen) atoms. The van der Waals surface area contributed by atoms with Crippen molar-refractivity contribution in [2.24, 2.45) is 5.73 Å². The number of rotatable bonds is 1. The number of hydrogen-bond acceptors (Lipinski definition) is 3. The third-order valence-corrected chi connectivity index (χ3v) is 2.93. The summed E-state index contributed by atoms with van der Waals surface area (Å²) in [5, 5.41) is 0. The maximum Gasteiger partial charge on any atom is 0.522 e. The Bertz CT molecular complexity index is 516. The highest BCUT2D eigenvalue weighted by Gasteiger charge is 2.44. The highest BCUT2D eigenvalue weighted by Crippen LogP contribution is 2.22. The molecule has 0 atom stereocenters. The second-order valence-electron chi connectivity index (χ2n) is 5.07. The van der Waals surface area contributed by atoms with Crippen LogP contribution in [0.5, 0.6) is 0 Å². The molecule has 0 saturated carbocycles. The van der Waals surface area contributed by atoms with Gasteiger partial charge in [-0.1, -0.05) is 45.0 Å². The van der Waals surface area contributed by atoms with Gasteiger partial charge in [0.05, 0.1) is 0 Å². The smallest absolute Gasteiger partial charge is 0.326 e. The van der Waals surface area contributed by atoms with Crippen molar-refractivity contribution in [3.05, 3.63) is 35.4 Å². The largest absolute Gasteiger partial charge is 0.522 e. The predicted octanol–water partition coefficient (Wildman–Crippen LogP) is 2.84. The van der Waals surface area contributed by atoms with Gasteiger partial charge in [0.1, 0.15) is 0 Å². The molecule has 1 aromatic rings. The van der Waals surface area contributed by atoms with E-state index in [-0.39, 0.29) is 5.41 Å². The average Bonchev–Trinajstić information content (AvgIpc) is 2.26. The van der Waals surface area contributed by atoms with Crippen molar-refractivity contribution >= 4 is 10.1 Å². The zero-order chi connectivity index (χ0) is 16.2. The fourth-order valence-corrected chi connectivity index (χ4v) is 1.14. The van der Waals surface area contributed by atoms with Crippen molar-refractivity contribution in [3.8, 4) is 0 Å². The van der Waals surface area contributed by atoms with Gasteiger partial charge in [-0.3, -0.25) is 4.55 Å². The van der Waals surface area contributed by atoms with Crippen LogP contribution in [0.25, 0.3) is 0 Å². The Morgan fingerprint density at radius 2 is 1.45 bits per heavy atom. The summed E-state index contributed by atoms with van der Waals surface area (Å²) in [5.74, 6) is 0. The highest BCUT2D eigenvalue weighted by atomic mass is 32.2. The first-order valence-corrected chi connectivity index (χ1v) is 7.06. The predicted molar refractivity (Wildman–Crippen MR) is 70.6 cm³/mol. The molecule has 0 aromatic heterocycles. The summed E-state index contributed by atoms with van der Waals surface area (Å²) in [6.07, 6.45) is 0. The van der Waals surface area contributed by atoms with E-state index < -0.39 is 15.6 Å². The third-order valence-electron chi connectivity index (χ3n) is 2.35. The second kappa shape index (κ2) is 6.55. The summed E-state index contributed by atoms with van der Waals surface area (Å²) in [7, 11) is -5.84. The molecule has 1 aromatic carbocycles. The van der Waals surface area contributed by atoms with Crippen LogP contribution in [0.3, 0.4) is 0 Å². The van der Waals surface area contributed by atoms with E-state index in [0.717, 1.165) is 0 Å². The van der Waals surface area contributed by atoms with Gasteiger partial charge in [-0.2, -0.15) is 21.6 Å². The molecule has 0 aliphatic carbocycles. The van der Waals surface area contributed by atoms with E-state index in [1.165, 1.54) is 11.1 Å². The number of halogens is 3. The lowest BCUT2D eigenvalue weighted by Gasteiger charge is -2.18. The molecule has 0 aliphatic heterocycles. The quantitative estimate of drug-likeness (QED) is 0.617. The monoisotopic (exact) mass is 313 g/mol. The van der Waals surface area contributed by atoms with E-state index in [0.29, 0.717) is 6.54 Å². The zero-order valence-electron chi connectivity index (χ0n) is 11.4. The summed E-state index contributed by atoms with van der Waals surface area (Å²) < 4.78 is 57.5. The lowest BCUT2D eigenvalue weighted by atomic mass is 9.87. The van der Waals surface area contributed by atoms with Crippen LogP contribution >= 0.6 is 0 Å². The van der Waals surface area contributed by atoms with Crippen LogP contribution in [0, 0.1) is 0 Å². The minimum absolute atomic E-state index is 0.243. The Hall–Kier alpha value is -1.12. The molecule has 116 valence electrons. The molecule has 8 heteroatoms. The molecule has 0 radical (unpaired) electrons. The standard InChI is InChI=1S/C11H17N.CHF3O3S/c1-11(2,3)10-6-4-9(8-12)5-7-10;2-1(3,4)8(5,6)7/h4-7H,8,12H2,1-3H3;(H,5,6,7). The topological polar surface area (TPSA) is 80.4 Å². The molecule has 0 aliphatic rings. The van der Waals surface area contributed by atoms with Gasteiger partial charge in [0.2, 0.25) is 0 Å². The Kier molecular flexibility index (Phi) is 6.19. The molecule has 0 heterocycles. The van der Waals surface area contributed by atoms with Crippen LogP contribution in [0.4, 0.5) is 13.2 Å². The fourth-order valence-electron chi connectivity index (χ4n) is 1.14. The van der Waals surface area contributed by atoms with Crippen LogP contribution in [-0.2, 0) is 22.1 Å². The van der Waals surface area contributed by atoms with Gasteiger partial charge in [-0.05, 0) is 16.5 Å². The van der Waals surface area contributed by atoms with Crippen LogP contribution < -0.4 is 5.73 Å². The van der Waals surface area contributed by atoms with E-state index in [9.17, 15) is 13.2 Å².